The number of ether oxygens (including phenoxy) is 1. The molecule has 1 atom stereocenters. The molecule has 1 heterocycles. The Balaban J connectivity index is 2.07. The Morgan fingerprint density at radius 1 is 1.38 bits per heavy atom. The van der Waals surface area contributed by atoms with Crippen LogP contribution >= 0.6 is 0 Å². The summed E-state index contributed by atoms with van der Waals surface area (Å²) in [6.07, 6.45) is 0.270. The van der Waals surface area contributed by atoms with Gasteiger partial charge in [0.1, 0.15) is 17.4 Å². The first kappa shape index (κ1) is 11.2. The van der Waals surface area contributed by atoms with Gasteiger partial charge in [-0.05, 0) is 18.6 Å². The maximum atomic E-state index is 9.83. The molecule has 3 heteroatoms. The van der Waals surface area contributed by atoms with Crippen LogP contribution in [0.5, 0.6) is 0 Å². The van der Waals surface area contributed by atoms with E-state index in [2.05, 4.69) is 0 Å². The number of aliphatic hydroxyl groups excluding tert-OH is 1. The summed E-state index contributed by atoms with van der Waals surface area (Å²) in [4.78, 5) is 0. The summed E-state index contributed by atoms with van der Waals surface area (Å²) in [5.41, 5.74) is 0.798. The van der Waals surface area contributed by atoms with E-state index >= 15 is 0 Å². The Bertz CT molecular complexity index is 414. The van der Waals surface area contributed by atoms with Gasteiger partial charge < -0.3 is 14.3 Å². The molecule has 0 fully saturated rings. The van der Waals surface area contributed by atoms with Crippen molar-refractivity contribution in [1.82, 2.24) is 0 Å². The fourth-order valence-corrected chi connectivity index (χ4v) is 1.59. The van der Waals surface area contributed by atoms with Crippen molar-refractivity contribution in [2.75, 3.05) is 13.2 Å². The summed E-state index contributed by atoms with van der Waals surface area (Å²) < 4.78 is 10.8. The normalized spacial score (nSPS) is 13.1. The number of fused-ring (bicyclic) bond motifs is 1. The number of para-hydroxylation sites is 1. The van der Waals surface area contributed by atoms with E-state index < -0.39 is 6.10 Å². The van der Waals surface area contributed by atoms with E-state index in [0.717, 1.165) is 17.4 Å². The highest BCUT2D eigenvalue weighted by atomic mass is 16.5. The number of benzene rings is 1. The number of hydrogen-bond acceptors (Lipinski definition) is 3. The highest BCUT2D eigenvalue weighted by Gasteiger charge is 2.12. The van der Waals surface area contributed by atoms with E-state index in [0.29, 0.717) is 12.4 Å². The zero-order valence-corrected chi connectivity index (χ0v) is 9.35. The van der Waals surface area contributed by atoms with Crippen LogP contribution in [0.4, 0.5) is 0 Å². The molecule has 0 radical (unpaired) electrons. The van der Waals surface area contributed by atoms with Crippen LogP contribution in [0.1, 0.15) is 25.2 Å². The summed E-state index contributed by atoms with van der Waals surface area (Å²) >= 11 is 0. The van der Waals surface area contributed by atoms with Crippen molar-refractivity contribution < 1.29 is 14.3 Å². The van der Waals surface area contributed by atoms with Crippen LogP contribution in [-0.4, -0.2) is 18.3 Å². The summed E-state index contributed by atoms with van der Waals surface area (Å²) in [5.74, 6) is 0.567. The zero-order chi connectivity index (χ0) is 11.4. The third kappa shape index (κ3) is 2.43. The molecule has 0 spiro atoms. The Morgan fingerprint density at radius 3 is 2.94 bits per heavy atom. The first-order valence-electron chi connectivity index (χ1n) is 5.55. The summed E-state index contributed by atoms with van der Waals surface area (Å²) in [6.45, 7) is 2.98. The number of aliphatic hydroxyl groups is 1. The van der Waals surface area contributed by atoms with Crippen molar-refractivity contribution in [2.24, 2.45) is 0 Å². The minimum atomic E-state index is -0.682. The van der Waals surface area contributed by atoms with E-state index in [9.17, 15) is 5.11 Å². The molecular weight excluding hydrogens is 204 g/mol. The van der Waals surface area contributed by atoms with E-state index in [1.165, 1.54) is 0 Å². The molecule has 1 aromatic carbocycles. The molecule has 0 aliphatic rings. The topological polar surface area (TPSA) is 42.6 Å². The first-order valence-corrected chi connectivity index (χ1v) is 5.55. The molecule has 0 saturated carbocycles. The molecular formula is C13H16O3. The smallest absolute Gasteiger partial charge is 0.136 e. The largest absolute Gasteiger partial charge is 0.458 e. The second kappa shape index (κ2) is 5.14. The molecule has 0 saturated heterocycles. The van der Waals surface area contributed by atoms with E-state index in [-0.39, 0.29) is 6.61 Å². The minimum Gasteiger partial charge on any atom is -0.458 e. The zero-order valence-electron chi connectivity index (χ0n) is 9.35. The van der Waals surface area contributed by atoms with Gasteiger partial charge in [0.2, 0.25) is 0 Å². The second-order valence-corrected chi connectivity index (χ2v) is 3.78. The molecule has 0 aliphatic carbocycles. The predicted octanol–water partition coefficient (Wildman–Crippen LogP) is 2.89. The standard InChI is InChI=1S/C13H16O3/c1-2-7-15-9-11(14)13-8-10-5-3-4-6-12(10)16-13/h3-6,8,11,14H,2,7,9H2,1H3. The summed E-state index contributed by atoms with van der Waals surface area (Å²) in [7, 11) is 0. The molecule has 3 nitrogen and oxygen atoms in total. The van der Waals surface area contributed by atoms with E-state index in [1.54, 1.807) is 0 Å². The maximum Gasteiger partial charge on any atom is 0.136 e. The van der Waals surface area contributed by atoms with Crippen LogP contribution in [0.2, 0.25) is 0 Å². The summed E-state index contributed by atoms with van der Waals surface area (Å²) in [5, 5.41) is 10.8. The lowest BCUT2D eigenvalue weighted by Gasteiger charge is -2.07. The van der Waals surface area contributed by atoms with Crippen molar-refractivity contribution >= 4 is 11.0 Å². The Labute approximate surface area is 94.6 Å². The van der Waals surface area contributed by atoms with Crippen molar-refractivity contribution in [2.45, 2.75) is 19.4 Å². The van der Waals surface area contributed by atoms with Crippen LogP contribution < -0.4 is 0 Å². The van der Waals surface area contributed by atoms with Gasteiger partial charge in [-0.25, -0.2) is 0 Å². The van der Waals surface area contributed by atoms with Gasteiger partial charge in [0, 0.05) is 12.0 Å². The molecule has 0 bridgehead atoms. The van der Waals surface area contributed by atoms with Crippen LogP contribution in [0.15, 0.2) is 34.7 Å². The number of furan rings is 1. The molecule has 2 rings (SSSR count). The molecule has 1 N–H and O–H groups in total. The fourth-order valence-electron chi connectivity index (χ4n) is 1.59. The molecule has 0 aliphatic heterocycles. The lowest BCUT2D eigenvalue weighted by atomic mass is 10.2. The van der Waals surface area contributed by atoms with Crippen LogP contribution in [0, 0.1) is 0 Å². The Hall–Kier alpha value is -1.32. The Morgan fingerprint density at radius 2 is 2.19 bits per heavy atom. The molecule has 1 aromatic heterocycles. The number of rotatable bonds is 5. The van der Waals surface area contributed by atoms with Gasteiger partial charge >= 0.3 is 0 Å². The Kier molecular flexibility index (Phi) is 3.59. The van der Waals surface area contributed by atoms with Gasteiger partial charge in [0.25, 0.3) is 0 Å². The SMILES string of the molecule is CCCOCC(O)c1cc2ccccc2o1. The van der Waals surface area contributed by atoms with Crippen molar-refractivity contribution in [1.29, 1.82) is 0 Å². The van der Waals surface area contributed by atoms with Gasteiger partial charge in [0.15, 0.2) is 0 Å². The van der Waals surface area contributed by atoms with Gasteiger partial charge in [-0.3, -0.25) is 0 Å². The monoisotopic (exact) mass is 220 g/mol. The van der Waals surface area contributed by atoms with E-state index in [1.807, 2.05) is 37.3 Å². The van der Waals surface area contributed by atoms with Crippen molar-refractivity contribution in [3.05, 3.63) is 36.1 Å². The van der Waals surface area contributed by atoms with Gasteiger partial charge in [0.05, 0.1) is 6.61 Å². The maximum absolute atomic E-state index is 9.83. The van der Waals surface area contributed by atoms with Crippen LogP contribution in [0.3, 0.4) is 0 Å². The molecule has 2 aromatic rings. The molecule has 1 unspecified atom stereocenters. The predicted molar refractivity (Wildman–Crippen MR) is 62.3 cm³/mol. The highest BCUT2D eigenvalue weighted by Crippen LogP contribution is 2.23. The molecule has 16 heavy (non-hydrogen) atoms. The van der Waals surface area contributed by atoms with Crippen molar-refractivity contribution in [3.63, 3.8) is 0 Å². The third-order valence-electron chi connectivity index (χ3n) is 2.40. The van der Waals surface area contributed by atoms with Crippen molar-refractivity contribution in [3.8, 4) is 0 Å². The van der Waals surface area contributed by atoms with Gasteiger partial charge in [-0.1, -0.05) is 25.1 Å². The number of hydrogen-bond donors (Lipinski definition) is 1. The molecule has 0 amide bonds. The average Bonchev–Trinajstić information content (AvgIpc) is 2.73. The van der Waals surface area contributed by atoms with Crippen LogP contribution in [-0.2, 0) is 4.74 Å². The second-order valence-electron chi connectivity index (χ2n) is 3.78. The quantitative estimate of drug-likeness (QED) is 0.788. The van der Waals surface area contributed by atoms with Gasteiger partial charge in [-0.15, -0.1) is 0 Å². The summed E-state index contributed by atoms with van der Waals surface area (Å²) in [6, 6.07) is 9.56. The first-order chi connectivity index (χ1) is 7.81. The van der Waals surface area contributed by atoms with E-state index in [4.69, 9.17) is 9.15 Å². The van der Waals surface area contributed by atoms with Crippen LogP contribution in [0.25, 0.3) is 11.0 Å². The van der Waals surface area contributed by atoms with Gasteiger partial charge in [-0.2, -0.15) is 0 Å². The fraction of sp³-hybridized carbons (Fsp3) is 0.385. The minimum absolute atomic E-state index is 0.285. The third-order valence-corrected chi connectivity index (χ3v) is 2.40. The highest BCUT2D eigenvalue weighted by molar-refractivity contribution is 5.77. The lowest BCUT2D eigenvalue weighted by molar-refractivity contribution is 0.0261. The average molecular weight is 220 g/mol. The lowest BCUT2D eigenvalue weighted by Crippen LogP contribution is -2.06. The molecule has 86 valence electrons.